The molecule has 0 radical (unpaired) electrons. The van der Waals surface area contributed by atoms with Gasteiger partial charge in [-0.25, -0.2) is 9.97 Å². The largest absolute Gasteiger partial charge is 0.399 e. The molecule has 1 aromatic carbocycles. The minimum atomic E-state index is 0.744. The van der Waals surface area contributed by atoms with Gasteiger partial charge in [0, 0.05) is 36.1 Å². The molecule has 0 spiro atoms. The fourth-order valence-electron chi connectivity index (χ4n) is 2.47. The molecular formula is C16H20N4O. The van der Waals surface area contributed by atoms with Crippen LogP contribution in [-0.2, 0) is 11.2 Å². The fourth-order valence-corrected chi connectivity index (χ4v) is 2.47. The van der Waals surface area contributed by atoms with Crippen molar-refractivity contribution in [1.29, 1.82) is 0 Å². The molecule has 5 heteroatoms. The van der Waals surface area contributed by atoms with Crippen LogP contribution in [0, 0.1) is 0 Å². The Bertz CT molecular complexity index is 606. The van der Waals surface area contributed by atoms with Crippen molar-refractivity contribution in [2.75, 3.05) is 36.9 Å². The Kier molecular flexibility index (Phi) is 4.01. The van der Waals surface area contributed by atoms with Gasteiger partial charge in [-0.1, -0.05) is 6.92 Å². The number of morpholine rings is 1. The molecule has 5 nitrogen and oxygen atoms in total. The molecule has 1 aliphatic heterocycles. The molecule has 0 amide bonds. The van der Waals surface area contributed by atoms with Crippen LogP contribution < -0.4 is 10.6 Å². The lowest BCUT2D eigenvalue weighted by atomic mass is 10.1. The third-order valence-corrected chi connectivity index (χ3v) is 3.70. The van der Waals surface area contributed by atoms with Gasteiger partial charge >= 0.3 is 0 Å². The minimum absolute atomic E-state index is 0.744. The molecule has 1 aromatic heterocycles. The molecule has 21 heavy (non-hydrogen) atoms. The Morgan fingerprint density at radius 1 is 1.19 bits per heavy atom. The molecule has 0 saturated carbocycles. The number of nitrogens with zero attached hydrogens (tertiary/aromatic N) is 3. The molecule has 0 unspecified atom stereocenters. The van der Waals surface area contributed by atoms with Crippen LogP contribution in [0.15, 0.2) is 30.5 Å². The summed E-state index contributed by atoms with van der Waals surface area (Å²) in [6.45, 7) is 5.40. The molecule has 0 bridgehead atoms. The van der Waals surface area contributed by atoms with Crippen molar-refractivity contribution in [2.24, 2.45) is 0 Å². The average Bonchev–Trinajstić information content (AvgIpc) is 2.56. The normalized spacial score (nSPS) is 15.2. The van der Waals surface area contributed by atoms with Crippen LogP contribution in [0.25, 0.3) is 11.4 Å². The summed E-state index contributed by atoms with van der Waals surface area (Å²) < 4.78 is 5.42. The van der Waals surface area contributed by atoms with E-state index in [-0.39, 0.29) is 0 Å². The van der Waals surface area contributed by atoms with Gasteiger partial charge in [-0.2, -0.15) is 0 Å². The zero-order valence-electron chi connectivity index (χ0n) is 12.2. The highest BCUT2D eigenvalue weighted by Gasteiger charge is 2.17. The van der Waals surface area contributed by atoms with Crippen LogP contribution in [0.5, 0.6) is 0 Å². The first kappa shape index (κ1) is 13.8. The second-order valence-corrected chi connectivity index (χ2v) is 5.12. The summed E-state index contributed by atoms with van der Waals surface area (Å²) in [6.07, 6.45) is 2.86. The molecule has 110 valence electrons. The maximum Gasteiger partial charge on any atom is 0.161 e. The summed E-state index contributed by atoms with van der Waals surface area (Å²) in [7, 11) is 0. The monoisotopic (exact) mass is 284 g/mol. The number of benzene rings is 1. The summed E-state index contributed by atoms with van der Waals surface area (Å²) in [4.78, 5) is 11.6. The summed E-state index contributed by atoms with van der Waals surface area (Å²) in [5.41, 5.74) is 8.65. The second kappa shape index (κ2) is 6.10. The van der Waals surface area contributed by atoms with E-state index in [0.717, 1.165) is 55.6 Å². The van der Waals surface area contributed by atoms with Gasteiger partial charge in [0.25, 0.3) is 0 Å². The number of aryl methyl sites for hydroxylation is 1. The molecule has 0 aliphatic carbocycles. The minimum Gasteiger partial charge on any atom is -0.399 e. The summed E-state index contributed by atoms with van der Waals surface area (Å²) in [5, 5.41) is 0. The van der Waals surface area contributed by atoms with E-state index in [4.69, 9.17) is 15.5 Å². The first-order chi connectivity index (χ1) is 10.3. The highest BCUT2D eigenvalue weighted by molar-refractivity contribution is 5.61. The molecule has 2 N–H and O–H groups in total. The number of rotatable bonds is 3. The third kappa shape index (κ3) is 2.97. The third-order valence-electron chi connectivity index (χ3n) is 3.70. The van der Waals surface area contributed by atoms with Crippen LogP contribution in [0.1, 0.15) is 12.5 Å². The van der Waals surface area contributed by atoms with Crippen LogP contribution in [-0.4, -0.2) is 36.3 Å². The molecular weight excluding hydrogens is 264 g/mol. The number of hydrogen-bond donors (Lipinski definition) is 1. The number of nitrogen functional groups attached to an aromatic ring is 1. The highest BCUT2D eigenvalue weighted by atomic mass is 16.5. The van der Waals surface area contributed by atoms with E-state index in [0.29, 0.717) is 0 Å². The fraction of sp³-hybridized carbons (Fsp3) is 0.375. The van der Waals surface area contributed by atoms with Gasteiger partial charge in [-0.05, 0) is 30.7 Å². The topological polar surface area (TPSA) is 64.3 Å². The standard InChI is InChI=1S/C16H20N4O/c1-2-12-11-18-15(13-3-5-14(17)6-4-13)19-16(12)20-7-9-21-10-8-20/h3-6,11H,2,7-10,17H2,1H3. The van der Waals surface area contributed by atoms with Crippen molar-refractivity contribution in [3.8, 4) is 11.4 Å². The maximum atomic E-state index is 5.73. The smallest absolute Gasteiger partial charge is 0.161 e. The van der Waals surface area contributed by atoms with Crippen molar-refractivity contribution in [2.45, 2.75) is 13.3 Å². The van der Waals surface area contributed by atoms with Crippen LogP contribution >= 0.6 is 0 Å². The number of nitrogens with two attached hydrogens (primary N) is 1. The van der Waals surface area contributed by atoms with Gasteiger partial charge in [-0.15, -0.1) is 0 Å². The lowest BCUT2D eigenvalue weighted by molar-refractivity contribution is 0.122. The van der Waals surface area contributed by atoms with Gasteiger partial charge in [0.2, 0.25) is 0 Å². The van der Waals surface area contributed by atoms with E-state index < -0.39 is 0 Å². The van der Waals surface area contributed by atoms with E-state index in [9.17, 15) is 0 Å². The van der Waals surface area contributed by atoms with Crippen molar-refractivity contribution in [3.63, 3.8) is 0 Å². The van der Waals surface area contributed by atoms with Crippen molar-refractivity contribution < 1.29 is 4.74 Å². The van der Waals surface area contributed by atoms with Gasteiger partial charge in [0.05, 0.1) is 13.2 Å². The lowest BCUT2D eigenvalue weighted by Gasteiger charge is -2.29. The van der Waals surface area contributed by atoms with E-state index in [2.05, 4.69) is 16.8 Å². The van der Waals surface area contributed by atoms with Crippen molar-refractivity contribution in [1.82, 2.24) is 9.97 Å². The Hall–Kier alpha value is -2.14. The molecule has 1 fully saturated rings. The molecule has 3 rings (SSSR count). The maximum absolute atomic E-state index is 5.73. The summed E-state index contributed by atoms with van der Waals surface area (Å²) in [6, 6.07) is 7.67. The van der Waals surface area contributed by atoms with Gasteiger partial charge in [0.15, 0.2) is 5.82 Å². The predicted molar refractivity (Wildman–Crippen MR) is 84.3 cm³/mol. The first-order valence-corrected chi connectivity index (χ1v) is 7.32. The van der Waals surface area contributed by atoms with Gasteiger partial charge in [0.1, 0.15) is 5.82 Å². The SMILES string of the molecule is CCc1cnc(-c2ccc(N)cc2)nc1N1CCOCC1. The zero-order chi connectivity index (χ0) is 14.7. The van der Waals surface area contributed by atoms with Crippen molar-refractivity contribution in [3.05, 3.63) is 36.0 Å². The van der Waals surface area contributed by atoms with Crippen molar-refractivity contribution >= 4 is 11.5 Å². The van der Waals surface area contributed by atoms with Crippen LogP contribution in [0.4, 0.5) is 11.5 Å². The zero-order valence-corrected chi connectivity index (χ0v) is 12.2. The number of hydrogen-bond acceptors (Lipinski definition) is 5. The molecule has 2 aromatic rings. The van der Waals surface area contributed by atoms with E-state index >= 15 is 0 Å². The van der Waals surface area contributed by atoms with Gasteiger partial charge < -0.3 is 15.4 Å². The quantitative estimate of drug-likeness (QED) is 0.875. The number of anilines is 2. The van der Waals surface area contributed by atoms with Gasteiger partial charge in [-0.3, -0.25) is 0 Å². The number of ether oxygens (including phenoxy) is 1. The van der Waals surface area contributed by atoms with E-state index in [1.165, 1.54) is 5.56 Å². The molecule has 1 aliphatic rings. The van der Waals surface area contributed by atoms with E-state index in [1.807, 2.05) is 30.5 Å². The molecule has 0 atom stereocenters. The summed E-state index contributed by atoms with van der Waals surface area (Å²) >= 11 is 0. The Balaban J connectivity index is 1.97. The average molecular weight is 284 g/mol. The highest BCUT2D eigenvalue weighted by Crippen LogP contribution is 2.24. The molecule has 1 saturated heterocycles. The Labute approximate surface area is 124 Å². The Morgan fingerprint density at radius 2 is 1.90 bits per heavy atom. The van der Waals surface area contributed by atoms with Crippen LogP contribution in [0.3, 0.4) is 0 Å². The summed E-state index contributed by atoms with van der Waals surface area (Å²) in [5.74, 6) is 1.77. The molecule has 2 heterocycles. The van der Waals surface area contributed by atoms with Crippen LogP contribution in [0.2, 0.25) is 0 Å². The number of aromatic nitrogens is 2. The second-order valence-electron chi connectivity index (χ2n) is 5.12. The first-order valence-electron chi connectivity index (χ1n) is 7.32. The van der Waals surface area contributed by atoms with E-state index in [1.54, 1.807) is 0 Å². The Morgan fingerprint density at radius 3 is 2.57 bits per heavy atom. The predicted octanol–water partition coefficient (Wildman–Crippen LogP) is 2.12. The lowest BCUT2D eigenvalue weighted by Crippen LogP contribution is -2.37.